The van der Waals surface area contributed by atoms with Gasteiger partial charge in [0.25, 0.3) is 0 Å². The third-order valence-electron chi connectivity index (χ3n) is 6.50. The number of rotatable bonds is 3. The van der Waals surface area contributed by atoms with Crippen LogP contribution >= 0.6 is 31.9 Å². The highest BCUT2D eigenvalue weighted by Gasteiger charge is 2.42. The molecule has 1 N–H and O–H groups in total. The van der Waals surface area contributed by atoms with E-state index in [1.165, 1.54) is 0 Å². The fraction of sp³-hybridized carbons (Fsp3) is 0.0323. The molecule has 0 saturated carbocycles. The molecule has 1 aliphatic rings. The molecule has 5 aromatic rings. The molecule has 4 heteroatoms. The van der Waals surface area contributed by atoms with E-state index in [0.29, 0.717) is 17.1 Å². The number of ether oxygens (including phenoxy) is 1. The topological polar surface area (TPSA) is 29.5 Å². The zero-order valence-electron chi connectivity index (χ0n) is 18.6. The van der Waals surface area contributed by atoms with E-state index in [1.807, 2.05) is 91.0 Å². The Morgan fingerprint density at radius 2 is 1.03 bits per heavy atom. The highest BCUT2D eigenvalue weighted by Crippen LogP contribution is 2.53. The van der Waals surface area contributed by atoms with Gasteiger partial charge < -0.3 is 9.84 Å². The summed E-state index contributed by atoms with van der Waals surface area (Å²) in [7, 11) is 0. The molecule has 0 atom stereocenters. The molecule has 0 saturated heterocycles. The van der Waals surface area contributed by atoms with Crippen LogP contribution in [0.1, 0.15) is 16.7 Å². The number of aliphatic hydroxyl groups is 1. The van der Waals surface area contributed by atoms with E-state index in [2.05, 4.69) is 56.1 Å². The van der Waals surface area contributed by atoms with Gasteiger partial charge in [-0.3, -0.25) is 0 Å². The molecule has 35 heavy (non-hydrogen) atoms. The monoisotopic (exact) mass is 582 g/mol. The van der Waals surface area contributed by atoms with Gasteiger partial charge in [0.1, 0.15) is 17.1 Å². The Bertz CT molecular complexity index is 1490. The van der Waals surface area contributed by atoms with Crippen molar-refractivity contribution in [3.8, 4) is 33.8 Å². The van der Waals surface area contributed by atoms with Crippen LogP contribution in [0.3, 0.4) is 0 Å². The van der Waals surface area contributed by atoms with Crippen molar-refractivity contribution in [3.05, 3.63) is 141 Å². The summed E-state index contributed by atoms with van der Waals surface area (Å²) >= 11 is 7.31. The standard InChI is InChI=1S/C31H20Br2O2/c32-20-14-16-25-23-10-4-5-11-24(23)26-17-15-21(33)19-29(26)31(34,28(25)18-20)27-12-6-7-13-30(27)35-22-8-2-1-3-9-22/h1-19,34H. The van der Waals surface area contributed by atoms with Gasteiger partial charge in [-0.1, -0.05) is 105 Å². The summed E-state index contributed by atoms with van der Waals surface area (Å²) in [6, 6.07) is 37.9. The van der Waals surface area contributed by atoms with Gasteiger partial charge >= 0.3 is 0 Å². The lowest BCUT2D eigenvalue weighted by molar-refractivity contribution is 0.124. The third-order valence-corrected chi connectivity index (χ3v) is 7.48. The van der Waals surface area contributed by atoms with E-state index in [4.69, 9.17) is 4.74 Å². The second-order valence-corrected chi connectivity index (χ2v) is 10.4. The molecule has 0 fully saturated rings. The minimum atomic E-state index is -1.48. The van der Waals surface area contributed by atoms with Gasteiger partial charge in [0.2, 0.25) is 0 Å². The van der Waals surface area contributed by atoms with Gasteiger partial charge in [0, 0.05) is 25.6 Å². The highest BCUT2D eigenvalue weighted by atomic mass is 79.9. The molecular weight excluding hydrogens is 564 g/mol. The predicted molar refractivity (Wildman–Crippen MR) is 148 cm³/mol. The van der Waals surface area contributed by atoms with Crippen molar-refractivity contribution in [2.24, 2.45) is 0 Å². The number of fused-ring (bicyclic) bond motifs is 5. The van der Waals surface area contributed by atoms with Crippen molar-refractivity contribution in [2.45, 2.75) is 5.60 Å². The first kappa shape index (κ1) is 22.3. The first-order valence-electron chi connectivity index (χ1n) is 11.3. The van der Waals surface area contributed by atoms with Crippen LogP contribution in [0.2, 0.25) is 0 Å². The van der Waals surface area contributed by atoms with E-state index in [9.17, 15) is 5.11 Å². The normalized spacial score (nSPS) is 13.2. The highest BCUT2D eigenvalue weighted by molar-refractivity contribution is 9.10. The van der Waals surface area contributed by atoms with Gasteiger partial charge in [0.05, 0.1) is 0 Å². The molecule has 0 bridgehead atoms. The lowest BCUT2D eigenvalue weighted by atomic mass is 9.77. The molecular formula is C31H20Br2O2. The van der Waals surface area contributed by atoms with Crippen molar-refractivity contribution < 1.29 is 9.84 Å². The van der Waals surface area contributed by atoms with Gasteiger partial charge in [-0.05, 0) is 64.7 Å². The van der Waals surface area contributed by atoms with E-state index in [1.54, 1.807) is 0 Å². The van der Waals surface area contributed by atoms with Gasteiger partial charge in [0.15, 0.2) is 0 Å². The molecule has 0 spiro atoms. The molecule has 0 unspecified atom stereocenters. The molecule has 5 aromatic carbocycles. The van der Waals surface area contributed by atoms with Gasteiger partial charge in [-0.15, -0.1) is 0 Å². The van der Waals surface area contributed by atoms with Crippen LogP contribution in [0.25, 0.3) is 22.3 Å². The zero-order chi connectivity index (χ0) is 24.0. The maximum absolute atomic E-state index is 13.0. The Morgan fingerprint density at radius 1 is 0.514 bits per heavy atom. The quantitative estimate of drug-likeness (QED) is 0.230. The maximum atomic E-state index is 13.0. The summed E-state index contributed by atoms with van der Waals surface area (Å²) < 4.78 is 8.14. The van der Waals surface area contributed by atoms with Crippen molar-refractivity contribution in [1.82, 2.24) is 0 Å². The third kappa shape index (κ3) is 3.73. The molecule has 2 nitrogen and oxygen atoms in total. The van der Waals surface area contributed by atoms with Gasteiger partial charge in [-0.25, -0.2) is 0 Å². The van der Waals surface area contributed by atoms with Crippen LogP contribution in [0, 0.1) is 0 Å². The fourth-order valence-corrected chi connectivity index (χ4v) is 5.68. The molecule has 1 aliphatic carbocycles. The van der Waals surface area contributed by atoms with Crippen LogP contribution in [-0.2, 0) is 5.60 Å². The predicted octanol–water partition coefficient (Wildman–Crippen LogP) is 8.94. The zero-order valence-corrected chi connectivity index (χ0v) is 21.8. The van der Waals surface area contributed by atoms with Crippen LogP contribution in [0.15, 0.2) is 124 Å². The minimum Gasteiger partial charge on any atom is -0.457 e. The van der Waals surface area contributed by atoms with E-state index in [0.717, 1.165) is 42.3 Å². The summed E-state index contributed by atoms with van der Waals surface area (Å²) in [5, 5.41) is 13.0. The number of hydrogen-bond acceptors (Lipinski definition) is 2. The first-order valence-corrected chi connectivity index (χ1v) is 12.9. The maximum Gasteiger partial charge on any atom is 0.145 e. The largest absolute Gasteiger partial charge is 0.457 e. The Balaban J connectivity index is 1.72. The Hall–Kier alpha value is -3.18. The average Bonchev–Trinajstić information content (AvgIpc) is 2.97. The lowest BCUT2D eigenvalue weighted by Crippen LogP contribution is -2.30. The lowest BCUT2D eigenvalue weighted by Gasteiger charge is -2.33. The minimum absolute atomic E-state index is 0.601. The van der Waals surface area contributed by atoms with E-state index >= 15 is 0 Å². The number of halogens is 2. The second kappa shape index (κ2) is 8.80. The van der Waals surface area contributed by atoms with Crippen molar-refractivity contribution in [1.29, 1.82) is 0 Å². The molecule has 0 heterocycles. The smallest absolute Gasteiger partial charge is 0.145 e. The molecule has 0 amide bonds. The number of hydrogen-bond donors (Lipinski definition) is 1. The molecule has 0 aromatic heterocycles. The molecule has 0 aliphatic heterocycles. The first-order chi connectivity index (χ1) is 17.1. The molecule has 170 valence electrons. The van der Waals surface area contributed by atoms with Gasteiger partial charge in [-0.2, -0.15) is 0 Å². The Labute approximate surface area is 221 Å². The Kier molecular flexibility index (Phi) is 5.60. The number of benzene rings is 5. The van der Waals surface area contributed by atoms with Crippen molar-refractivity contribution >= 4 is 31.9 Å². The van der Waals surface area contributed by atoms with Crippen LogP contribution in [0.4, 0.5) is 0 Å². The van der Waals surface area contributed by atoms with Crippen molar-refractivity contribution in [3.63, 3.8) is 0 Å². The Morgan fingerprint density at radius 3 is 1.63 bits per heavy atom. The number of para-hydroxylation sites is 2. The molecule has 6 rings (SSSR count). The summed E-state index contributed by atoms with van der Waals surface area (Å²) in [6.45, 7) is 0. The summed E-state index contributed by atoms with van der Waals surface area (Å²) in [4.78, 5) is 0. The van der Waals surface area contributed by atoms with Crippen LogP contribution in [0.5, 0.6) is 11.5 Å². The SMILES string of the molecule is OC1(c2ccccc2Oc2ccccc2)c2cc(Br)ccc2-c2ccccc2-c2ccc(Br)cc21. The van der Waals surface area contributed by atoms with Crippen molar-refractivity contribution in [2.75, 3.05) is 0 Å². The molecule has 0 radical (unpaired) electrons. The summed E-state index contributed by atoms with van der Waals surface area (Å²) in [5.41, 5.74) is 4.90. The summed E-state index contributed by atoms with van der Waals surface area (Å²) in [5.74, 6) is 1.31. The van der Waals surface area contributed by atoms with E-state index in [-0.39, 0.29) is 0 Å². The fourth-order valence-electron chi connectivity index (χ4n) is 4.96. The summed E-state index contributed by atoms with van der Waals surface area (Å²) in [6.07, 6.45) is 0. The van der Waals surface area contributed by atoms with E-state index < -0.39 is 5.60 Å². The second-order valence-electron chi connectivity index (χ2n) is 8.55. The average molecular weight is 584 g/mol. The van der Waals surface area contributed by atoms with Crippen LogP contribution < -0.4 is 4.74 Å². The van der Waals surface area contributed by atoms with Crippen LogP contribution in [-0.4, -0.2) is 5.11 Å².